The molecule has 1 rings (SSSR count). The van der Waals surface area contributed by atoms with Crippen molar-refractivity contribution in [2.45, 2.75) is 19.8 Å². The first-order valence-corrected chi connectivity index (χ1v) is 3.05. The van der Waals surface area contributed by atoms with Gasteiger partial charge in [-0.1, -0.05) is 6.92 Å². The molecule has 0 N–H and O–H groups in total. The molecule has 1 aliphatic carbocycles. The van der Waals surface area contributed by atoms with E-state index in [0.29, 0.717) is 5.92 Å². The molecule has 0 aromatic heterocycles. The molecule has 1 aliphatic rings. The summed E-state index contributed by atoms with van der Waals surface area (Å²) < 4.78 is 0. The number of nitrogens with zero attached hydrogens (tertiary/aromatic N) is 2. The van der Waals surface area contributed by atoms with Crippen molar-refractivity contribution < 1.29 is 0 Å². The highest BCUT2D eigenvalue weighted by Gasteiger charge is 2.42. The fourth-order valence-electron chi connectivity index (χ4n) is 1.34. The Kier molecular flexibility index (Phi) is 1.18. The summed E-state index contributed by atoms with van der Waals surface area (Å²) in [5.74, 6) is 0.573. The lowest BCUT2D eigenvalue weighted by Gasteiger charge is -2.34. The van der Waals surface area contributed by atoms with Gasteiger partial charge in [-0.25, -0.2) is 0 Å². The summed E-state index contributed by atoms with van der Waals surface area (Å²) in [6.45, 7) is 2.06. The molecule has 0 spiro atoms. The van der Waals surface area contributed by atoms with Crippen LogP contribution in [0.5, 0.6) is 0 Å². The zero-order chi connectivity index (χ0) is 6.91. The van der Waals surface area contributed by atoms with Crippen LogP contribution in [-0.4, -0.2) is 0 Å². The highest BCUT2D eigenvalue weighted by atomic mass is 14.5. The molecule has 0 bridgehead atoms. The number of rotatable bonds is 0. The van der Waals surface area contributed by atoms with Crippen LogP contribution in [0.1, 0.15) is 19.8 Å². The molecule has 2 heteroatoms. The fourth-order valence-corrected chi connectivity index (χ4v) is 1.34. The van der Waals surface area contributed by atoms with E-state index in [1.165, 1.54) is 0 Å². The van der Waals surface area contributed by atoms with Gasteiger partial charge in [0.1, 0.15) is 5.41 Å². The Bertz CT molecular complexity index is 172. The predicted molar refractivity (Wildman–Crippen MR) is 32.1 cm³/mol. The van der Waals surface area contributed by atoms with Crippen LogP contribution in [0.25, 0.3) is 0 Å². The Morgan fingerprint density at radius 2 is 1.78 bits per heavy atom. The van der Waals surface area contributed by atoms with Crippen molar-refractivity contribution in [2.75, 3.05) is 0 Å². The van der Waals surface area contributed by atoms with Crippen LogP contribution in [-0.2, 0) is 0 Å². The second-order valence-corrected chi connectivity index (χ2v) is 2.82. The summed E-state index contributed by atoms with van der Waals surface area (Å²) in [6, 6.07) is 4.07. The van der Waals surface area contributed by atoms with Gasteiger partial charge in [-0.3, -0.25) is 0 Å². The Hall–Kier alpha value is -1.02. The molecular formula is C7H8N2. The minimum absolute atomic E-state index is 0.573. The average molecular weight is 120 g/mol. The van der Waals surface area contributed by atoms with Gasteiger partial charge in [0, 0.05) is 0 Å². The van der Waals surface area contributed by atoms with E-state index in [0.717, 1.165) is 12.8 Å². The minimum atomic E-state index is -0.612. The zero-order valence-corrected chi connectivity index (χ0v) is 5.39. The molecule has 0 heterocycles. The van der Waals surface area contributed by atoms with Gasteiger partial charge in [0.15, 0.2) is 0 Å². The molecule has 0 aromatic carbocycles. The largest absolute Gasteiger partial charge is 0.197 e. The van der Waals surface area contributed by atoms with Gasteiger partial charge in [0.25, 0.3) is 0 Å². The van der Waals surface area contributed by atoms with Crippen molar-refractivity contribution in [1.82, 2.24) is 0 Å². The van der Waals surface area contributed by atoms with Crippen LogP contribution < -0.4 is 0 Å². The maximum Gasteiger partial charge on any atom is 0.144 e. The third-order valence-corrected chi connectivity index (χ3v) is 1.82. The first kappa shape index (κ1) is 6.11. The topological polar surface area (TPSA) is 47.6 Å². The van der Waals surface area contributed by atoms with Gasteiger partial charge >= 0.3 is 0 Å². The van der Waals surface area contributed by atoms with E-state index >= 15 is 0 Å². The maximum atomic E-state index is 8.48. The molecule has 1 saturated carbocycles. The number of hydrogen-bond acceptors (Lipinski definition) is 2. The molecule has 0 aliphatic heterocycles. The van der Waals surface area contributed by atoms with Crippen molar-refractivity contribution in [3.8, 4) is 12.1 Å². The van der Waals surface area contributed by atoms with Gasteiger partial charge in [0.2, 0.25) is 0 Å². The lowest BCUT2D eigenvalue weighted by atomic mass is 9.65. The summed E-state index contributed by atoms with van der Waals surface area (Å²) in [6.07, 6.45) is 1.53. The first-order valence-electron chi connectivity index (χ1n) is 3.05. The molecule has 0 amide bonds. The molecule has 2 nitrogen and oxygen atoms in total. The molecule has 0 aromatic rings. The van der Waals surface area contributed by atoms with Crippen molar-refractivity contribution in [3.63, 3.8) is 0 Å². The Labute approximate surface area is 54.7 Å². The SMILES string of the molecule is CC1CC(C#N)(C#N)C1. The van der Waals surface area contributed by atoms with E-state index in [-0.39, 0.29) is 0 Å². The molecule has 9 heavy (non-hydrogen) atoms. The lowest BCUT2D eigenvalue weighted by Crippen LogP contribution is -2.32. The highest BCUT2D eigenvalue weighted by Crippen LogP contribution is 2.43. The van der Waals surface area contributed by atoms with E-state index in [1.54, 1.807) is 0 Å². The summed E-state index contributed by atoms with van der Waals surface area (Å²) in [5.41, 5.74) is -0.612. The van der Waals surface area contributed by atoms with Gasteiger partial charge in [-0.2, -0.15) is 10.5 Å². The van der Waals surface area contributed by atoms with Gasteiger partial charge in [0.05, 0.1) is 12.1 Å². The van der Waals surface area contributed by atoms with E-state index < -0.39 is 5.41 Å². The van der Waals surface area contributed by atoms with E-state index in [2.05, 4.69) is 6.92 Å². The quantitative estimate of drug-likeness (QED) is 0.485. The second kappa shape index (κ2) is 1.74. The maximum absolute atomic E-state index is 8.48. The fraction of sp³-hybridized carbons (Fsp3) is 0.714. The normalized spacial score (nSPS) is 23.4. The van der Waals surface area contributed by atoms with Gasteiger partial charge in [-0.15, -0.1) is 0 Å². The summed E-state index contributed by atoms with van der Waals surface area (Å²) in [5, 5.41) is 17.0. The second-order valence-electron chi connectivity index (χ2n) is 2.82. The van der Waals surface area contributed by atoms with Crippen LogP contribution in [0, 0.1) is 34.0 Å². The van der Waals surface area contributed by atoms with Crippen LogP contribution in [0.4, 0.5) is 0 Å². The summed E-state index contributed by atoms with van der Waals surface area (Å²) in [4.78, 5) is 0. The smallest absolute Gasteiger partial charge is 0.144 e. The molecule has 1 fully saturated rings. The van der Waals surface area contributed by atoms with Crippen LogP contribution >= 0.6 is 0 Å². The lowest BCUT2D eigenvalue weighted by molar-refractivity contribution is 0.195. The molecule has 0 saturated heterocycles. The highest BCUT2D eigenvalue weighted by molar-refractivity contribution is 5.19. The van der Waals surface area contributed by atoms with E-state index in [4.69, 9.17) is 10.5 Å². The van der Waals surface area contributed by atoms with Crippen LogP contribution in [0.15, 0.2) is 0 Å². The average Bonchev–Trinajstić information content (AvgIpc) is 1.81. The Morgan fingerprint density at radius 3 is 1.89 bits per heavy atom. The van der Waals surface area contributed by atoms with Crippen molar-refractivity contribution >= 4 is 0 Å². The van der Waals surface area contributed by atoms with Crippen molar-refractivity contribution in [1.29, 1.82) is 10.5 Å². The Morgan fingerprint density at radius 1 is 1.33 bits per heavy atom. The van der Waals surface area contributed by atoms with Gasteiger partial charge < -0.3 is 0 Å². The molecule has 0 atom stereocenters. The Balaban J connectivity index is 2.61. The monoisotopic (exact) mass is 120 g/mol. The van der Waals surface area contributed by atoms with Crippen molar-refractivity contribution in [2.24, 2.45) is 11.3 Å². The third-order valence-electron chi connectivity index (χ3n) is 1.82. The van der Waals surface area contributed by atoms with E-state index in [9.17, 15) is 0 Å². The van der Waals surface area contributed by atoms with Crippen LogP contribution in [0.2, 0.25) is 0 Å². The van der Waals surface area contributed by atoms with Gasteiger partial charge in [-0.05, 0) is 18.8 Å². The standard InChI is InChI=1S/C7H8N2/c1-6-2-7(3-6,4-8)5-9/h6H,2-3H2,1H3. The van der Waals surface area contributed by atoms with Crippen molar-refractivity contribution in [3.05, 3.63) is 0 Å². The number of nitriles is 2. The molecule has 46 valence electrons. The van der Waals surface area contributed by atoms with E-state index in [1.807, 2.05) is 12.1 Å². The summed E-state index contributed by atoms with van der Waals surface area (Å²) in [7, 11) is 0. The molecular weight excluding hydrogens is 112 g/mol. The van der Waals surface area contributed by atoms with Crippen LogP contribution in [0.3, 0.4) is 0 Å². The third kappa shape index (κ3) is 0.771. The minimum Gasteiger partial charge on any atom is -0.197 e. The predicted octanol–water partition coefficient (Wildman–Crippen LogP) is 1.45. The zero-order valence-electron chi connectivity index (χ0n) is 5.39. The number of hydrogen-bond donors (Lipinski definition) is 0. The summed E-state index contributed by atoms with van der Waals surface area (Å²) >= 11 is 0. The molecule has 0 unspecified atom stereocenters. The molecule has 0 radical (unpaired) electrons. The first-order chi connectivity index (χ1) is 4.22.